The minimum absolute atomic E-state index is 0. The summed E-state index contributed by atoms with van der Waals surface area (Å²) in [5.74, 6) is 2.08. The average Bonchev–Trinajstić information content (AvgIpc) is 3.84. The minimum atomic E-state index is -0.176. The van der Waals surface area contributed by atoms with Crippen molar-refractivity contribution in [3.05, 3.63) is 205 Å². The third-order valence-corrected chi connectivity index (χ3v) is 11.8. The van der Waals surface area contributed by atoms with Crippen molar-refractivity contribution in [3.8, 4) is 17.3 Å². The Bertz CT molecular complexity index is 2880. The van der Waals surface area contributed by atoms with Gasteiger partial charge in [0.2, 0.25) is 0 Å². The first kappa shape index (κ1) is 41.8. The fraction of sp³-hybridized carbons (Fsp3) is 0.200. The molecule has 8 aromatic rings. The SMILES string of the molecule is CC(C)(C)c1cc(Oc2[c-]c3c(cc2)c2ccccc2n3-c2cc(C(C)(C)C)ccn2)[c-]c(N2[CH-]N(c3cccc(C(C)(C)c4ccccc4)c3)C=C2c2ccccc2)c1.[Pt]. The van der Waals surface area contributed by atoms with Crippen LogP contribution in [0, 0.1) is 18.8 Å². The Balaban J connectivity index is 0.00000514. The van der Waals surface area contributed by atoms with Gasteiger partial charge in [-0.15, -0.1) is 53.6 Å². The van der Waals surface area contributed by atoms with Gasteiger partial charge in [0.1, 0.15) is 5.82 Å². The molecule has 310 valence electrons. The number of fused-ring (bicyclic) bond motifs is 3. The van der Waals surface area contributed by atoms with Crippen molar-refractivity contribution in [1.29, 1.82) is 0 Å². The van der Waals surface area contributed by atoms with E-state index in [1.807, 2.05) is 12.3 Å². The van der Waals surface area contributed by atoms with E-state index in [2.05, 4.69) is 234 Å². The van der Waals surface area contributed by atoms with Crippen LogP contribution < -0.4 is 14.5 Å². The van der Waals surface area contributed by atoms with Crippen LogP contribution in [-0.2, 0) is 37.3 Å². The van der Waals surface area contributed by atoms with Gasteiger partial charge in [-0.2, -0.15) is 6.07 Å². The van der Waals surface area contributed by atoms with Crippen molar-refractivity contribution in [2.75, 3.05) is 9.80 Å². The third-order valence-electron chi connectivity index (χ3n) is 11.8. The molecule has 0 aliphatic carbocycles. The number of ether oxygens (including phenoxy) is 1. The number of anilines is 2. The zero-order chi connectivity index (χ0) is 41.8. The summed E-state index contributed by atoms with van der Waals surface area (Å²) in [6, 6.07) is 58.7. The molecular formula is C55H51N4OPt-3. The van der Waals surface area contributed by atoms with Gasteiger partial charge in [0, 0.05) is 61.1 Å². The molecule has 6 aromatic carbocycles. The van der Waals surface area contributed by atoms with E-state index < -0.39 is 0 Å². The molecule has 1 aliphatic rings. The van der Waals surface area contributed by atoms with Gasteiger partial charge in [0.05, 0.1) is 0 Å². The molecule has 0 unspecified atom stereocenters. The zero-order valence-corrected chi connectivity index (χ0v) is 38.4. The fourth-order valence-electron chi connectivity index (χ4n) is 8.09. The van der Waals surface area contributed by atoms with Gasteiger partial charge in [-0.1, -0.05) is 152 Å². The fourth-order valence-corrected chi connectivity index (χ4v) is 8.09. The molecule has 0 atom stereocenters. The first-order valence-corrected chi connectivity index (χ1v) is 20.8. The Kier molecular flexibility index (Phi) is 11.1. The summed E-state index contributed by atoms with van der Waals surface area (Å²) in [6.45, 7) is 20.1. The second-order valence-electron chi connectivity index (χ2n) is 18.4. The van der Waals surface area contributed by atoms with Gasteiger partial charge >= 0.3 is 0 Å². The first-order chi connectivity index (χ1) is 28.7. The van der Waals surface area contributed by atoms with Gasteiger partial charge in [-0.05, 0) is 75.0 Å². The average molecular weight is 979 g/mol. The van der Waals surface area contributed by atoms with Crippen molar-refractivity contribution in [2.24, 2.45) is 0 Å². The topological polar surface area (TPSA) is 33.5 Å². The molecule has 0 bridgehead atoms. The molecule has 0 N–H and O–H groups in total. The summed E-state index contributed by atoms with van der Waals surface area (Å²) in [5, 5.41) is 2.24. The minimum Gasteiger partial charge on any atom is -0.509 e. The van der Waals surface area contributed by atoms with Crippen LogP contribution in [0.25, 0.3) is 33.3 Å². The molecule has 1 aliphatic heterocycles. The second-order valence-corrected chi connectivity index (χ2v) is 18.4. The van der Waals surface area contributed by atoms with Crippen molar-refractivity contribution >= 4 is 38.9 Å². The Morgan fingerprint density at radius 3 is 2.00 bits per heavy atom. The predicted molar refractivity (Wildman–Crippen MR) is 249 cm³/mol. The van der Waals surface area contributed by atoms with Crippen molar-refractivity contribution in [3.63, 3.8) is 0 Å². The smallest absolute Gasteiger partial charge is 0.135 e. The normalized spacial score (nSPS) is 13.4. The maximum atomic E-state index is 6.82. The van der Waals surface area contributed by atoms with Crippen LogP contribution in [0.3, 0.4) is 0 Å². The Labute approximate surface area is 375 Å². The monoisotopic (exact) mass is 978 g/mol. The zero-order valence-electron chi connectivity index (χ0n) is 36.1. The molecule has 0 radical (unpaired) electrons. The molecule has 0 saturated carbocycles. The van der Waals surface area contributed by atoms with Crippen molar-refractivity contribution in [1.82, 2.24) is 9.55 Å². The number of pyridine rings is 1. The standard InChI is InChI=1S/C55H51N4O.Pt/c1-53(2,3)40-28-29-56-52(33-40)59-49-25-16-15-24-47(49)48-27-26-45(35-50(48)59)60-46-32-42(54(4,5)6)31-44(34-46)58-37-57(36-51(58)38-18-11-9-12-19-38)43-23-17-22-41(30-43)55(7,8)39-20-13-10-14-21-39;/h9-33,36-37H,1-8H3;/q-3;. The molecule has 2 aromatic heterocycles. The number of para-hydroxylation sites is 1. The summed E-state index contributed by atoms with van der Waals surface area (Å²) in [5.41, 5.74) is 10.6. The van der Waals surface area contributed by atoms with E-state index in [0.717, 1.165) is 55.8 Å². The van der Waals surface area contributed by atoms with Gasteiger partial charge in [0.25, 0.3) is 0 Å². The van der Waals surface area contributed by atoms with Gasteiger partial charge in [0.15, 0.2) is 0 Å². The molecule has 0 amide bonds. The van der Waals surface area contributed by atoms with Gasteiger partial charge in [-0.25, -0.2) is 4.98 Å². The third kappa shape index (κ3) is 8.17. The summed E-state index contributed by atoms with van der Waals surface area (Å²) in [4.78, 5) is 9.32. The summed E-state index contributed by atoms with van der Waals surface area (Å²) in [7, 11) is 0. The van der Waals surface area contributed by atoms with E-state index in [0.29, 0.717) is 11.5 Å². The number of rotatable bonds is 8. The van der Waals surface area contributed by atoms with Crippen LogP contribution in [0.1, 0.15) is 83.2 Å². The summed E-state index contributed by atoms with van der Waals surface area (Å²) < 4.78 is 9.02. The van der Waals surface area contributed by atoms with Crippen molar-refractivity contribution < 1.29 is 25.8 Å². The molecule has 0 spiro atoms. The maximum absolute atomic E-state index is 6.82. The van der Waals surface area contributed by atoms with Crippen LogP contribution in [0.5, 0.6) is 11.5 Å². The number of nitrogens with zero attached hydrogens (tertiary/aromatic N) is 4. The van der Waals surface area contributed by atoms with Gasteiger partial charge in [-0.3, -0.25) is 0 Å². The Morgan fingerprint density at radius 2 is 1.26 bits per heavy atom. The van der Waals surface area contributed by atoms with Crippen LogP contribution in [0.15, 0.2) is 158 Å². The number of benzene rings is 6. The first-order valence-electron chi connectivity index (χ1n) is 20.8. The van der Waals surface area contributed by atoms with Gasteiger partial charge < -0.3 is 19.1 Å². The molecule has 6 heteroatoms. The Hall–Kier alpha value is -5.90. The van der Waals surface area contributed by atoms with E-state index in [-0.39, 0.29) is 37.3 Å². The second kappa shape index (κ2) is 16.2. The quantitative estimate of drug-likeness (QED) is 0.142. The molecule has 9 rings (SSSR count). The summed E-state index contributed by atoms with van der Waals surface area (Å²) >= 11 is 0. The van der Waals surface area contributed by atoms with E-state index >= 15 is 0 Å². The molecule has 0 saturated heterocycles. The molecular weight excluding hydrogens is 928 g/mol. The molecule has 5 nitrogen and oxygen atoms in total. The van der Waals surface area contributed by atoms with E-state index in [4.69, 9.17) is 9.72 Å². The molecule has 0 fully saturated rings. The Morgan fingerprint density at radius 1 is 0.574 bits per heavy atom. The largest absolute Gasteiger partial charge is 0.509 e. The number of hydrogen-bond donors (Lipinski definition) is 0. The number of aromatic nitrogens is 2. The van der Waals surface area contributed by atoms with E-state index in [9.17, 15) is 0 Å². The predicted octanol–water partition coefficient (Wildman–Crippen LogP) is 13.9. The summed E-state index contributed by atoms with van der Waals surface area (Å²) in [6.07, 6.45) is 4.12. The van der Waals surface area contributed by atoms with Crippen LogP contribution in [0.4, 0.5) is 11.4 Å². The maximum Gasteiger partial charge on any atom is 0.135 e. The van der Waals surface area contributed by atoms with Crippen LogP contribution in [0.2, 0.25) is 0 Å². The van der Waals surface area contributed by atoms with E-state index in [1.165, 1.54) is 16.7 Å². The van der Waals surface area contributed by atoms with Crippen molar-refractivity contribution in [2.45, 2.75) is 71.6 Å². The van der Waals surface area contributed by atoms with E-state index in [1.54, 1.807) is 0 Å². The van der Waals surface area contributed by atoms with Crippen LogP contribution in [-0.4, -0.2) is 9.55 Å². The molecule has 61 heavy (non-hydrogen) atoms. The number of hydrogen-bond acceptors (Lipinski definition) is 4. The molecule has 3 heterocycles. The van der Waals surface area contributed by atoms with Crippen LogP contribution >= 0.6 is 0 Å².